The molecule has 0 amide bonds. The highest BCUT2D eigenvalue weighted by atomic mass is 15.1. The van der Waals surface area contributed by atoms with E-state index in [1.165, 1.54) is 83.8 Å². The number of nitrogens with one attached hydrogen (secondary N) is 1. The lowest BCUT2D eigenvalue weighted by Gasteiger charge is -2.26. The van der Waals surface area contributed by atoms with Crippen LogP contribution in [-0.2, 0) is 0 Å². The molecular weight excluding hydrogens is 220 g/mol. The molecule has 2 aliphatic rings. The third kappa shape index (κ3) is 5.71. The van der Waals surface area contributed by atoms with Crippen molar-refractivity contribution in [3.63, 3.8) is 0 Å². The average Bonchev–Trinajstić information content (AvgIpc) is 3.18. The van der Waals surface area contributed by atoms with Crippen LogP contribution in [0.25, 0.3) is 0 Å². The van der Waals surface area contributed by atoms with Crippen LogP contribution in [0.15, 0.2) is 0 Å². The maximum atomic E-state index is 3.60. The molecule has 0 aromatic rings. The zero-order valence-electron chi connectivity index (χ0n) is 12.3. The summed E-state index contributed by atoms with van der Waals surface area (Å²) < 4.78 is 0. The summed E-state index contributed by atoms with van der Waals surface area (Å²) in [6.45, 7) is 6.37. The van der Waals surface area contributed by atoms with Crippen LogP contribution in [0.2, 0.25) is 0 Å². The molecule has 0 aromatic carbocycles. The molecule has 2 fully saturated rings. The summed E-state index contributed by atoms with van der Waals surface area (Å²) >= 11 is 0. The molecule has 1 atom stereocenters. The van der Waals surface area contributed by atoms with E-state index in [4.69, 9.17) is 0 Å². The molecule has 2 nitrogen and oxygen atoms in total. The minimum atomic E-state index is 0.837. The molecule has 1 unspecified atom stereocenters. The fourth-order valence-electron chi connectivity index (χ4n) is 3.05. The van der Waals surface area contributed by atoms with Gasteiger partial charge in [-0.15, -0.1) is 0 Å². The van der Waals surface area contributed by atoms with Gasteiger partial charge in [-0.25, -0.2) is 0 Å². The molecule has 1 heterocycles. The number of rotatable bonds is 8. The lowest BCUT2D eigenvalue weighted by atomic mass is 10.1. The summed E-state index contributed by atoms with van der Waals surface area (Å²) in [5, 5.41) is 3.60. The van der Waals surface area contributed by atoms with Gasteiger partial charge in [-0.05, 0) is 65.1 Å². The molecule has 0 radical (unpaired) electrons. The van der Waals surface area contributed by atoms with Gasteiger partial charge in [-0.2, -0.15) is 0 Å². The standard InChI is InChI=1S/C16H32N2/c1-15-9-5-4-8-14-18(15)13-7-3-2-6-12-17-16-10-11-16/h15-17H,2-14H2,1H3. The number of hydrogen-bond donors (Lipinski definition) is 1. The maximum Gasteiger partial charge on any atom is 0.00682 e. The van der Waals surface area contributed by atoms with Crippen molar-refractivity contribution in [1.29, 1.82) is 0 Å². The van der Waals surface area contributed by atoms with Gasteiger partial charge < -0.3 is 10.2 Å². The molecule has 1 saturated heterocycles. The van der Waals surface area contributed by atoms with Gasteiger partial charge in [0.1, 0.15) is 0 Å². The van der Waals surface area contributed by atoms with E-state index in [1.807, 2.05) is 0 Å². The largest absolute Gasteiger partial charge is 0.314 e. The molecule has 106 valence electrons. The highest BCUT2D eigenvalue weighted by molar-refractivity contribution is 4.80. The first-order chi connectivity index (χ1) is 8.86. The molecule has 1 aliphatic heterocycles. The highest BCUT2D eigenvalue weighted by Crippen LogP contribution is 2.19. The van der Waals surface area contributed by atoms with Crippen molar-refractivity contribution >= 4 is 0 Å². The summed E-state index contributed by atoms with van der Waals surface area (Å²) in [6.07, 6.45) is 14.2. The Morgan fingerprint density at radius 1 is 0.944 bits per heavy atom. The Labute approximate surface area is 114 Å². The molecule has 2 heteroatoms. The fourth-order valence-corrected chi connectivity index (χ4v) is 3.05. The van der Waals surface area contributed by atoms with Crippen molar-refractivity contribution in [2.45, 2.75) is 83.2 Å². The second-order valence-corrected chi connectivity index (χ2v) is 6.38. The van der Waals surface area contributed by atoms with Crippen LogP contribution in [0, 0.1) is 0 Å². The predicted molar refractivity (Wildman–Crippen MR) is 79.0 cm³/mol. The molecule has 0 aromatic heterocycles. The SMILES string of the molecule is CC1CCCCCN1CCCCCCNC1CC1. The fraction of sp³-hybridized carbons (Fsp3) is 1.00. The van der Waals surface area contributed by atoms with Crippen molar-refractivity contribution in [2.75, 3.05) is 19.6 Å². The number of nitrogens with zero attached hydrogens (tertiary/aromatic N) is 1. The molecular formula is C16H32N2. The summed E-state index contributed by atoms with van der Waals surface area (Å²) in [5.41, 5.74) is 0. The lowest BCUT2D eigenvalue weighted by Crippen LogP contribution is -2.33. The Hall–Kier alpha value is -0.0800. The third-order valence-corrected chi connectivity index (χ3v) is 4.57. The molecule has 0 spiro atoms. The average molecular weight is 252 g/mol. The van der Waals surface area contributed by atoms with Gasteiger partial charge in [-0.1, -0.05) is 25.7 Å². The zero-order valence-corrected chi connectivity index (χ0v) is 12.3. The van der Waals surface area contributed by atoms with Crippen LogP contribution in [-0.4, -0.2) is 36.6 Å². The van der Waals surface area contributed by atoms with E-state index in [1.54, 1.807) is 0 Å². The monoisotopic (exact) mass is 252 g/mol. The quantitative estimate of drug-likeness (QED) is 0.664. The van der Waals surface area contributed by atoms with Crippen molar-refractivity contribution < 1.29 is 0 Å². The molecule has 18 heavy (non-hydrogen) atoms. The Morgan fingerprint density at radius 2 is 1.78 bits per heavy atom. The topological polar surface area (TPSA) is 15.3 Å². The predicted octanol–water partition coefficient (Wildman–Crippen LogP) is 3.56. The zero-order chi connectivity index (χ0) is 12.6. The summed E-state index contributed by atoms with van der Waals surface area (Å²) in [7, 11) is 0. The number of likely N-dealkylation sites (tertiary alicyclic amines) is 1. The van der Waals surface area contributed by atoms with E-state index in [2.05, 4.69) is 17.1 Å². The van der Waals surface area contributed by atoms with Crippen molar-refractivity contribution in [3.8, 4) is 0 Å². The van der Waals surface area contributed by atoms with Crippen molar-refractivity contribution in [3.05, 3.63) is 0 Å². The third-order valence-electron chi connectivity index (χ3n) is 4.57. The van der Waals surface area contributed by atoms with Crippen LogP contribution in [0.1, 0.15) is 71.1 Å². The van der Waals surface area contributed by atoms with E-state index < -0.39 is 0 Å². The van der Waals surface area contributed by atoms with Gasteiger partial charge in [0.05, 0.1) is 0 Å². The first-order valence-corrected chi connectivity index (χ1v) is 8.33. The Kier molecular flexibility index (Phi) is 6.50. The molecule has 2 rings (SSSR count). The van der Waals surface area contributed by atoms with Gasteiger partial charge in [0.25, 0.3) is 0 Å². The number of unbranched alkanes of at least 4 members (excludes halogenated alkanes) is 3. The minimum Gasteiger partial charge on any atom is -0.314 e. The van der Waals surface area contributed by atoms with Crippen LogP contribution >= 0.6 is 0 Å². The van der Waals surface area contributed by atoms with E-state index >= 15 is 0 Å². The van der Waals surface area contributed by atoms with E-state index in [0.717, 1.165) is 12.1 Å². The first kappa shape index (κ1) is 14.3. The minimum absolute atomic E-state index is 0.837. The Balaban J connectivity index is 1.43. The number of hydrogen-bond acceptors (Lipinski definition) is 2. The summed E-state index contributed by atoms with van der Waals surface area (Å²) in [5.74, 6) is 0. The van der Waals surface area contributed by atoms with E-state index in [9.17, 15) is 0 Å². The second kappa shape index (κ2) is 8.16. The van der Waals surface area contributed by atoms with Gasteiger partial charge >= 0.3 is 0 Å². The van der Waals surface area contributed by atoms with Crippen molar-refractivity contribution in [2.24, 2.45) is 0 Å². The smallest absolute Gasteiger partial charge is 0.00682 e. The van der Waals surface area contributed by atoms with E-state index in [-0.39, 0.29) is 0 Å². The van der Waals surface area contributed by atoms with Crippen LogP contribution in [0.5, 0.6) is 0 Å². The van der Waals surface area contributed by atoms with Crippen molar-refractivity contribution in [1.82, 2.24) is 10.2 Å². The van der Waals surface area contributed by atoms with Gasteiger partial charge in [-0.3, -0.25) is 0 Å². The lowest BCUT2D eigenvalue weighted by molar-refractivity contribution is 0.209. The highest BCUT2D eigenvalue weighted by Gasteiger charge is 2.19. The normalized spacial score (nSPS) is 26.2. The Morgan fingerprint density at radius 3 is 2.61 bits per heavy atom. The summed E-state index contributed by atoms with van der Waals surface area (Å²) in [4.78, 5) is 2.73. The maximum absolute atomic E-state index is 3.60. The molecule has 1 N–H and O–H groups in total. The van der Waals surface area contributed by atoms with Gasteiger partial charge in [0.2, 0.25) is 0 Å². The summed E-state index contributed by atoms with van der Waals surface area (Å²) in [6, 6.07) is 1.73. The van der Waals surface area contributed by atoms with Crippen LogP contribution in [0.4, 0.5) is 0 Å². The molecule has 1 aliphatic carbocycles. The van der Waals surface area contributed by atoms with E-state index in [0.29, 0.717) is 0 Å². The van der Waals surface area contributed by atoms with Crippen LogP contribution in [0.3, 0.4) is 0 Å². The Bertz CT molecular complexity index is 213. The van der Waals surface area contributed by atoms with Gasteiger partial charge in [0.15, 0.2) is 0 Å². The second-order valence-electron chi connectivity index (χ2n) is 6.38. The van der Waals surface area contributed by atoms with Crippen LogP contribution < -0.4 is 5.32 Å². The van der Waals surface area contributed by atoms with Gasteiger partial charge in [0, 0.05) is 12.1 Å². The molecule has 1 saturated carbocycles. The first-order valence-electron chi connectivity index (χ1n) is 8.33. The molecule has 0 bridgehead atoms.